The molecule has 0 spiro atoms. The maximum atomic E-state index is 12.2. The van der Waals surface area contributed by atoms with Gasteiger partial charge in [-0.3, -0.25) is 9.59 Å². The third-order valence-corrected chi connectivity index (χ3v) is 6.03. The third-order valence-electron chi connectivity index (χ3n) is 5.12. The monoisotopic (exact) mass is 467 g/mol. The number of amides is 1. The summed E-state index contributed by atoms with van der Waals surface area (Å²) in [6.07, 6.45) is 2.04. The first-order chi connectivity index (χ1) is 16.0. The Hall–Kier alpha value is -3.39. The number of methoxy groups -OCH3 is 1. The van der Waals surface area contributed by atoms with Crippen molar-refractivity contribution in [3.05, 3.63) is 65.0 Å². The number of hydrogen-bond donors (Lipinski definition) is 2. The number of aromatic nitrogens is 1. The quantitative estimate of drug-likeness (QED) is 0.396. The first-order valence-electron chi connectivity index (χ1n) is 10.9. The van der Waals surface area contributed by atoms with E-state index in [4.69, 9.17) is 14.8 Å². The molecular weight excluding hydrogens is 438 g/mol. The average Bonchev–Trinajstić information content (AvgIpc) is 3.32. The van der Waals surface area contributed by atoms with Crippen LogP contribution >= 0.6 is 11.3 Å². The lowest BCUT2D eigenvalue weighted by atomic mass is 10.1. The standard InChI is InChI=1S/C25H29N3O4S/c1-3-4-14-28(25-27-22(17-33-25)20-6-5-7-21(15-20)32-2)16-18-8-10-19(11-9-18)24(31)26-13-12-23(29)30/h5-11,15,17H,3-4,12-14,16H2,1-2H3,(H,26,31)(H,29,30). The van der Waals surface area contributed by atoms with Crippen molar-refractivity contribution in [2.45, 2.75) is 32.7 Å². The zero-order valence-corrected chi connectivity index (χ0v) is 19.7. The summed E-state index contributed by atoms with van der Waals surface area (Å²) < 4.78 is 5.33. The molecule has 0 fully saturated rings. The largest absolute Gasteiger partial charge is 0.497 e. The molecule has 2 aromatic carbocycles. The zero-order chi connectivity index (χ0) is 23.6. The summed E-state index contributed by atoms with van der Waals surface area (Å²) in [7, 11) is 1.66. The molecule has 0 unspecified atom stereocenters. The van der Waals surface area contributed by atoms with Crippen molar-refractivity contribution in [2.75, 3.05) is 25.1 Å². The molecule has 0 saturated heterocycles. The molecule has 33 heavy (non-hydrogen) atoms. The molecule has 0 saturated carbocycles. The number of aliphatic carboxylic acids is 1. The molecular formula is C25H29N3O4S. The van der Waals surface area contributed by atoms with Crippen LogP contribution in [0.3, 0.4) is 0 Å². The highest BCUT2D eigenvalue weighted by molar-refractivity contribution is 7.14. The van der Waals surface area contributed by atoms with Crippen molar-refractivity contribution in [3.8, 4) is 17.0 Å². The minimum absolute atomic E-state index is 0.0955. The summed E-state index contributed by atoms with van der Waals surface area (Å²) in [5.74, 6) is -0.403. The number of nitrogens with one attached hydrogen (secondary N) is 1. The number of carbonyl (C=O) groups excluding carboxylic acids is 1. The summed E-state index contributed by atoms with van der Waals surface area (Å²) in [5, 5.41) is 14.3. The second kappa shape index (κ2) is 12.0. The van der Waals surface area contributed by atoms with Crippen LogP contribution in [0.5, 0.6) is 5.75 Å². The molecule has 3 rings (SSSR count). The van der Waals surface area contributed by atoms with Crippen molar-refractivity contribution >= 4 is 28.3 Å². The summed E-state index contributed by atoms with van der Waals surface area (Å²) in [4.78, 5) is 29.9. The topological polar surface area (TPSA) is 91.8 Å². The van der Waals surface area contributed by atoms with Crippen LogP contribution in [0.25, 0.3) is 11.3 Å². The van der Waals surface area contributed by atoms with E-state index in [9.17, 15) is 9.59 Å². The normalized spacial score (nSPS) is 10.6. The number of thiazole rings is 1. The Morgan fingerprint density at radius 2 is 1.97 bits per heavy atom. The number of nitrogens with zero attached hydrogens (tertiary/aromatic N) is 2. The van der Waals surface area contributed by atoms with E-state index >= 15 is 0 Å². The van der Waals surface area contributed by atoms with Crippen LogP contribution in [0, 0.1) is 0 Å². The first-order valence-corrected chi connectivity index (χ1v) is 11.8. The van der Waals surface area contributed by atoms with Crippen LogP contribution in [0.4, 0.5) is 5.13 Å². The number of unbranched alkanes of at least 4 members (excludes halogenated alkanes) is 1. The van der Waals surface area contributed by atoms with Crippen molar-refractivity contribution in [1.82, 2.24) is 10.3 Å². The molecule has 0 aliphatic rings. The molecule has 1 aromatic heterocycles. The maximum absolute atomic E-state index is 12.2. The van der Waals surface area contributed by atoms with Gasteiger partial charge in [0, 0.05) is 36.1 Å². The Balaban J connectivity index is 1.70. The molecule has 0 atom stereocenters. The highest BCUT2D eigenvalue weighted by Gasteiger charge is 2.14. The van der Waals surface area contributed by atoms with E-state index < -0.39 is 5.97 Å². The van der Waals surface area contributed by atoms with Crippen molar-refractivity contribution in [2.24, 2.45) is 0 Å². The molecule has 0 radical (unpaired) electrons. The van der Waals surface area contributed by atoms with Gasteiger partial charge in [-0.25, -0.2) is 4.98 Å². The number of ether oxygens (including phenoxy) is 1. The molecule has 1 amide bonds. The van der Waals surface area contributed by atoms with Crippen molar-refractivity contribution < 1.29 is 19.4 Å². The fourth-order valence-electron chi connectivity index (χ4n) is 3.28. The molecule has 0 bridgehead atoms. The van der Waals surface area contributed by atoms with Crippen LogP contribution in [0.15, 0.2) is 53.9 Å². The van der Waals surface area contributed by atoms with E-state index in [2.05, 4.69) is 22.5 Å². The van der Waals surface area contributed by atoms with Crippen molar-refractivity contribution in [1.29, 1.82) is 0 Å². The second-order valence-electron chi connectivity index (χ2n) is 7.62. The molecule has 0 aliphatic heterocycles. The van der Waals surface area contributed by atoms with Crippen LogP contribution < -0.4 is 15.0 Å². The Morgan fingerprint density at radius 3 is 2.67 bits per heavy atom. The number of benzene rings is 2. The Kier molecular flexibility index (Phi) is 8.83. The van der Waals surface area contributed by atoms with Gasteiger partial charge in [-0.2, -0.15) is 0 Å². The van der Waals surface area contributed by atoms with Crippen LogP contribution in [-0.4, -0.2) is 42.2 Å². The van der Waals surface area contributed by atoms with Gasteiger partial charge in [0.15, 0.2) is 5.13 Å². The number of rotatable bonds is 12. The van der Waals surface area contributed by atoms with E-state index in [-0.39, 0.29) is 18.9 Å². The molecule has 174 valence electrons. The maximum Gasteiger partial charge on any atom is 0.305 e. The third kappa shape index (κ3) is 7.05. The SMILES string of the molecule is CCCCN(Cc1ccc(C(=O)NCCC(=O)O)cc1)c1nc(-c2cccc(OC)c2)cs1. The number of carboxylic acid groups (broad SMARTS) is 1. The number of hydrogen-bond acceptors (Lipinski definition) is 6. The second-order valence-corrected chi connectivity index (χ2v) is 8.46. The van der Waals surface area contributed by atoms with E-state index in [1.54, 1.807) is 30.6 Å². The van der Waals surface area contributed by atoms with Gasteiger partial charge in [0.1, 0.15) is 5.75 Å². The molecule has 3 aromatic rings. The summed E-state index contributed by atoms with van der Waals surface area (Å²) in [5.41, 5.74) is 3.53. The fourth-order valence-corrected chi connectivity index (χ4v) is 4.14. The fraction of sp³-hybridized carbons (Fsp3) is 0.320. The zero-order valence-electron chi connectivity index (χ0n) is 18.9. The predicted molar refractivity (Wildman–Crippen MR) is 131 cm³/mol. The molecule has 0 aliphatic carbocycles. The van der Waals surface area contributed by atoms with Gasteiger partial charge in [0.2, 0.25) is 0 Å². The number of carbonyl (C=O) groups is 2. The Labute approximate surface area is 198 Å². The summed E-state index contributed by atoms with van der Waals surface area (Å²) >= 11 is 1.62. The Morgan fingerprint density at radius 1 is 1.18 bits per heavy atom. The predicted octanol–water partition coefficient (Wildman–Crippen LogP) is 4.83. The van der Waals surface area contributed by atoms with Gasteiger partial charge in [0.05, 0.1) is 19.2 Å². The van der Waals surface area contributed by atoms with Gasteiger partial charge in [-0.05, 0) is 36.2 Å². The number of carboxylic acids is 1. The van der Waals surface area contributed by atoms with Crippen LogP contribution in [0.1, 0.15) is 42.1 Å². The number of anilines is 1. The van der Waals surface area contributed by atoms with E-state index in [0.717, 1.165) is 47.1 Å². The van der Waals surface area contributed by atoms with Crippen molar-refractivity contribution in [3.63, 3.8) is 0 Å². The van der Waals surface area contributed by atoms with Gasteiger partial charge in [-0.15, -0.1) is 11.3 Å². The lowest BCUT2D eigenvalue weighted by molar-refractivity contribution is -0.136. The van der Waals surface area contributed by atoms with E-state index in [1.165, 1.54) is 0 Å². The molecule has 8 heteroatoms. The molecule has 7 nitrogen and oxygen atoms in total. The Bertz CT molecular complexity index is 1070. The average molecular weight is 468 g/mol. The van der Waals surface area contributed by atoms with Gasteiger partial charge in [-0.1, -0.05) is 37.6 Å². The minimum atomic E-state index is -0.936. The highest BCUT2D eigenvalue weighted by Crippen LogP contribution is 2.30. The first kappa shape index (κ1) is 24.3. The highest BCUT2D eigenvalue weighted by atomic mass is 32.1. The lowest BCUT2D eigenvalue weighted by Gasteiger charge is -2.22. The lowest BCUT2D eigenvalue weighted by Crippen LogP contribution is -2.26. The van der Waals surface area contributed by atoms with Gasteiger partial charge in [0.25, 0.3) is 5.91 Å². The van der Waals surface area contributed by atoms with Gasteiger partial charge >= 0.3 is 5.97 Å². The molecule has 2 N–H and O–H groups in total. The summed E-state index contributed by atoms with van der Waals surface area (Å²) in [6.45, 7) is 3.85. The van der Waals surface area contributed by atoms with Crippen LogP contribution in [0.2, 0.25) is 0 Å². The van der Waals surface area contributed by atoms with Crippen LogP contribution in [-0.2, 0) is 11.3 Å². The van der Waals surface area contributed by atoms with E-state index in [1.807, 2.05) is 36.4 Å². The molecule has 1 heterocycles. The smallest absolute Gasteiger partial charge is 0.305 e. The minimum Gasteiger partial charge on any atom is -0.497 e. The van der Waals surface area contributed by atoms with Gasteiger partial charge < -0.3 is 20.1 Å². The van der Waals surface area contributed by atoms with E-state index in [0.29, 0.717) is 12.1 Å². The summed E-state index contributed by atoms with van der Waals surface area (Å²) in [6, 6.07) is 15.3.